The minimum absolute atomic E-state index is 0.0986. The highest BCUT2D eigenvalue weighted by Crippen LogP contribution is 2.43. The maximum absolute atomic E-state index is 12.9. The van der Waals surface area contributed by atoms with Gasteiger partial charge in [0.25, 0.3) is 0 Å². The van der Waals surface area contributed by atoms with Gasteiger partial charge in [0.2, 0.25) is 0 Å². The van der Waals surface area contributed by atoms with Crippen molar-refractivity contribution in [3.05, 3.63) is 97.2 Å². The van der Waals surface area contributed by atoms with Crippen LogP contribution in [0.15, 0.2) is 97.2 Å². The van der Waals surface area contributed by atoms with Gasteiger partial charge in [-0.1, -0.05) is 221 Å². The van der Waals surface area contributed by atoms with E-state index in [1.54, 1.807) is 0 Å². The predicted molar refractivity (Wildman–Crippen MR) is 297 cm³/mol. The summed E-state index contributed by atoms with van der Waals surface area (Å²) in [6.45, 7) is 4.31. The van der Waals surface area contributed by atoms with E-state index in [0.29, 0.717) is 19.3 Å². The summed E-state index contributed by atoms with van der Waals surface area (Å²) in [4.78, 5) is 48.4. The standard InChI is InChI=1S/C60H101O11P/c1-4-7-10-13-16-19-22-25-26-27-28-29-30-33-36-39-42-45-48-51-60(64)71-57(53-67-58(62)49-46-43-40-37-34-31-23-20-17-14-11-8-5-2)55-69-72(65,66)68-54-56(52-61)70-59(63)50-47-44-41-38-35-32-24-21-18-15-12-9-6-3/h7-8,10-11,16-17,19-20,25-26,28-29,31,34,40,43,56-57,61H,4-6,9,12-15,18,21-24,27,30,32-33,35-39,41-42,44-55H2,1-3H3,(H,65,66)/b10-7-,11-8-,19-16-,20-17-,26-25-,29-28-,34-31-,43-40-. The van der Waals surface area contributed by atoms with Crippen LogP contribution in [0.1, 0.15) is 226 Å². The van der Waals surface area contributed by atoms with Crippen molar-refractivity contribution in [1.82, 2.24) is 0 Å². The van der Waals surface area contributed by atoms with Crippen LogP contribution in [0.4, 0.5) is 0 Å². The Morgan fingerprint density at radius 1 is 0.403 bits per heavy atom. The summed E-state index contributed by atoms with van der Waals surface area (Å²) in [6.07, 6.45) is 62.4. The summed E-state index contributed by atoms with van der Waals surface area (Å²) in [5, 5.41) is 9.80. The van der Waals surface area contributed by atoms with Gasteiger partial charge in [-0.05, 0) is 83.5 Å². The van der Waals surface area contributed by atoms with E-state index in [-0.39, 0.29) is 25.9 Å². The molecule has 0 saturated heterocycles. The fraction of sp³-hybridized carbons (Fsp3) is 0.683. The molecule has 0 radical (unpaired) electrons. The van der Waals surface area contributed by atoms with Crippen molar-refractivity contribution in [2.24, 2.45) is 0 Å². The monoisotopic (exact) mass is 1030 g/mol. The number of carbonyl (C=O) groups is 3. The second kappa shape index (κ2) is 53.7. The van der Waals surface area contributed by atoms with Gasteiger partial charge in [0, 0.05) is 19.3 Å². The first-order valence-corrected chi connectivity index (χ1v) is 29.6. The molecule has 0 heterocycles. The Labute approximate surface area is 438 Å². The normalized spacial score (nSPS) is 14.1. The fourth-order valence-corrected chi connectivity index (χ4v) is 8.09. The second-order valence-electron chi connectivity index (χ2n) is 18.3. The average molecular weight is 1030 g/mol. The first kappa shape index (κ1) is 68.4. The Morgan fingerprint density at radius 3 is 1.17 bits per heavy atom. The van der Waals surface area contributed by atoms with Gasteiger partial charge < -0.3 is 24.2 Å². The Balaban J connectivity index is 4.81. The number of allylic oxidation sites excluding steroid dienone is 16. The summed E-state index contributed by atoms with van der Waals surface area (Å²) in [7, 11) is -4.77. The number of unbranched alkanes of at least 4 members (excludes halogenated alkanes) is 18. The minimum Gasteiger partial charge on any atom is -0.462 e. The van der Waals surface area contributed by atoms with Gasteiger partial charge in [-0.3, -0.25) is 23.4 Å². The molecule has 3 unspecified atom stereocenters. The zero-order chi connectivity index (χ0) is 52.7. The van der Waals surface area contributed by atoms with Gasteiger partial charge in [0.05, 0.1) is 19.8 Å². The molecule has 0 spiro atoms. The summed E-state index contributed by atoms with van der Waals surface area (Å²) in [5.41, 5.74) is 0. The zero-order valence-corrected chi connectivity index (χ0v) is 46.3. The van der Waals surface area contributed by atoms with Gasteiger partial charge in [-0.2, -0.15) is 0 Å². The summed E-state index contributed by atoms with van der Waals surface area (Å²) in [5.74, 6) is -1.58. The molecule has 412 valence electrons. The number of hydrogen-bond acceptors (Lipinski definition) is 10. The number of aliphatic hydroxyl groups is 1. The molecule has 3 atom stereocenters. The first-order chi connectivity index (χ1) is 35.2. The lowest BCUT2D eigenvalue weighted by Crippen LogP contribution is -2.30. The molecule has 0 amide bonds. The van der Waals surface area contributed by atoms with Crippen LogP contribution < -0.4 is 0 Å². The highest BCUT2D eigenvalue weighted by molar-refractivity contribution is 7.47. The minimum atomic E-state index is -4.77. The van der Waals surface area contributed by atoms with Crippen molar-refractivity contribution in [3.63, 3.8) is 0 Å². The lowest BCUT2D eigenvalue weighted by atomic mass is 10.0. The van der Waals surface area contributed by atoms with E-state index in [1.807, 2.05) is 12.2 Å². The number of phosphoric ester groups is 1. The largest absolute Gasteiger partial charge is 0.472 e. The maximum Gasteiger partial charge on any atom is 0.472 e. The van der Waals surface area contributed by atoms with E-state index in [4.69, 9.17) is 23.3 Å². The third-order valence-electron chi connectivity index (χ3n) is 11.5. The zero-order valence-electron chi connectivity index (χ0n) is 45.4. The number of rotatable bonds is 51. The number of carbonyl (C=O) groups excluding carboxylic acids is 3. The summed E-state index contributed by atoms with van der Waals surface area (Å²) in [6, 6.07) is 0. The van der Waals surface area contributed by atoms with E-state index < -0.39 is 57.8 Å². The van der Waals surface area contributed by atoms with E-state index in [9.17, 15) is 28.9 Å². The summed E-state index contributed by atoms with van der Waals surface area (Å²) < 4.78 is 39.4. The van der Waals surface area contributed by atoms with Crippen LogP contribution in [0, 0.1) is 0 Å². The molecule has 2 N–H and O–H groups in total. The first-order valence-electron chi connectivity index (χ1n) is 28.1. The smallest absolute Gasteiger partial charge is 0.462 e. The molecular weight excluding hydrogens is 928 g/mol. The Morgan fingerprint density at radius 2 is 0.750 bits per heavy atom. The van der Waals surface area contributed by atoms with Crippen LogP contribution in [0.5, 0.6) is 0 Å². The van der Waals surface area contributed by atoms with Crippen molar-refractivity contribution in [2.45, 2.75) is 238 Å². The van der Waals surface area contributed by atoms with Gasteiger partial charge in [-0.25, -0.2) is 4.57 Å². The predicted octanol–water partition coefficient (Wildman–Crippen LogP) is 16.5. The summed E-state index contributed by atoms with van der Waals surface area (Å²) >= 11 is 0. The van der Waals surface area contributed by atoms with Crippen molar-refractivity contribution < 1.29 is 52.2 Å². The molecule has 12 heteroatoms. The molecule has 0 saturated carbocycles. The maximum atomic E-state index is 12.9. The van der Waals surface area contributed by atoms with Crippen LogP contribution in [-0.4, -0.2) is 66.5 Å². The number of phosphoric acid groups is 1. The lowest BCUT2D eigenvalue weighted by molar-refractivity contribution is -0.161. The molecule has 0 fully saturated rings. The van der Waals surface area contributed by atoms with Crippen LogP contribution >= 0.6 is 7.82 Å². The van der Waals surface area contributed by atoms with Crippen LogP contribution in [0.3, 0.4) is 0 Å². The molecule has 72 heavy (non-hydrogen) atoms. The third-order valence-corrected chi connectivity index (χ3v) is 12.5. The second-order valence-corrected chi connectivity index (χ2v) is 19.8. The fourth-order valence-electron chi connectivity index (χ4n) is 7.30. The Kier molecular flexibility index (Phi) is 51.0. The lowest BCUT2D eigenvalue weighted by Gasteiger charge is -2.21. The number of esters is 3. The molecule has 0 aromatic carbocycles. The molecule has 11 nitrogen and oxygen atoms in total. The van der Waals surface area contributed by atoms with Crippen molar-refractivity contribution in [3.8, 4) is 0 Å². The van der Waals surface area contributed by atoms with Gasteiger partial charge in [0.15, 0.2) is 6.10 Å². The van der Waals surface area contributed by atoms with Gasteiger partial charge >= 0.3 is 25.7 Å². The number of aliphatic hydroxyl groups excluding tert-OH is 1. The van der Waals surface area contributed by atoms with E-state index in [1.165, 1.54) is 57.8 Å². The van der Waals surface area contributed by atoms with E-state index in [0.717, 1.165) is 109 Å². The quantitative estimate of drug-likeness (QED) is 0.0197. The highest BCUT2D eigenvalue weighted by atomic mass is 31.2. The SMILES string of the molecule is CC/C=C\C/C=C\C/C=C\C/C=C\CCCCCCCCC(=O)OC(COC(=O)CC/C=C\C/C=C\C/C=C\C/C=C\CC)COP(=O)(O)OCC(CO)OC(=O)CCCCCCCCCCCCCCC. The van der Waals surface area contributed by atoms with E-state index in [2.05, 4.69) is 106 Å². The number of hydrogen-bond donors (Lipinski definition) is 2. The van der Waals surface area contributed by atoms with Crippen molar-refractivity contribution in [1.29, 1.82) is 0 Å². The van der Waals surface area contributed by atoms with Gasteiger partial charge in [0.1, 0.15) is 12.7 Å². The Hall–Kier alpha value is -3.60. The molecule has 0 aromatic rings. The molecule has 0 aliphatic carbocycles. The third kappa shape index (κ3) is 51.3. The molecule has 0 rings (SSSR count). The van der Waals surface area contributed by atoms with Crippen LogP contribution in [0.2, 0.25) is 0 Å². The van der Waals surface area contributed by atoms with Crippen LogP contribution in [-0.2, 0) is 42.2 Å². The van der Waals surface area contributed by atoms with Crippen molar-refractivity contribution in [2.75, 3.05) is 26.4 Å². The molecule has 0 bridgehead atoms. The molecule has 0 aliphatic rings. The number of ether oxygens (including phenoxy) is 3. The molecule has 0 aromatic heterocycles. The molecule has 0 aliphatic heterocycles. The van der Waals surface area contributed by atoms with Gasteiger partial charge in [-0.15, -0.1) is 0 Å². The highest BCUT2D eigenvalue weighted by Gasteiger charge is 2.28. The van der Waals surface area contributed by atoms with Crippen LogP contribution in [0.25, 0.3) is 0 Å². The Bertz CT molecular complexity index is 1580. The van der Waals surface area contributed by atoms with E-state index >= 15 is 0 Å². The topological polar surface area (TPSA) is 155 Å². The molecular formula is C60H101O11P. The van der Waals surface area contributed by atoms with Crippen molar-refractivity contribution >= 4 is 25.7 Å². The average Bonchev–Trinajstić information content (AvgIpc) is 3.37.